The highest BCUT2D eigenvalue weighted by atomic mass is 35.5. The van der Waals surface area contributed by atoms with E-state index in [0.29, 0.717) is 41.9 Å². The van der Waals surface area contributed by atoms with Gasteiger partial charge in [-0.25, -0.2) is 0 Å². The van der Waals surface area contributed by atoms with Crippen LogP contribution in [0.5, 0.6) is 0 Å². The molecule has 176 valence electrons. The summed E-state index contributed by atoms with van der Waals surface area (Å²) in [5.41, 5.74) is 1.35. The Morgan fingerprint density at radius 1 is 1.03 bits per heavy atom. The fourth-order valence-electron chi connectivity index (χ4n) is 5.38. The highest BCUT2D eigenvalue weighted by Gasteiger charge is 2.49. The molecule has 0 unspecified atom stereocenters. The summed E-state index contributed by atoms with van der Waals surface area (Å²) in [6, 6.07) is 5.03. The molecule has 33 heavy (non-hydrogen) atoms. The van der Waals surface area contributed by atoms with E-state index in [1.165, 1.54) is 0 Å². The molecule has 8 nitrogen and oxygen atoms in total. The van der Waals surface area contributed by atoms with Crippen molar-refractivity contribution in [1.29, 1.82) is 0 Å². The van der Waals surface area contributed by atoms with Crippen LogP contribution in [0.3, 0.4) is 0 Å². The number of carbonyl (C=O) groups is 2. The summed E-state index contributed by atoms with van der Waals surface area (Å²) in [5, 5.41) is 7.55. The second-order valence-electron chi connectivity index (χ2n) is 8.90. The average molecular weight is 492 g/mol. The topological polar surface area (TPSA) is 81.8 Å². The Bertz CT molecular complexity index is 1010. The molecule has 4 heterocycles. The van der Waals surface area contributed by atoms with Crippen molar-refractivity contribution >= 4 is 35.0 Å². The van der Waals surface area contributed by atoms with E-state index in [4.69, 9.17) is 27.9 Å². The van der Waals surface area contributed by atoms with E-state index in [1.54, 1.807) is 24.5 Å². The molecule has 1 aromatic heterocycles. The molecule has 3 fully saturated rings. The van der Waals surface area contributed by atoms with E-state index in [-0.39, 0.29) is 36.4 Å². The van der Waals surface area contributed by atoms with Gasteiger partial charge in [0.05, 0.1) is 59.6 Å². The van der Waals surface area contributed by atoms with Gasteiger partial charge in [0.1, 0.15) is 0 Å². The van der Waals surface area contributed by atoms with Crippen molar-refractivity contribution in [3.8, 4) is 0 Å². The maximum absolute atomic E-state index is 13.6. The lowest BCUT2D eigenvalue weighted by Gasteiger charge is -2.54. The lowest BCUT2D eigenvalue weighted by atomic mass is 9.90. The summed E-state index contributed by atoms with van der Waals surface area (Å²) in [7, 11) is 0. The number of benzene rings is 1. The van der Waals surface area contributed by atoms with E-state index < -0.39 is 0 Å². The standard InChI is InChI=1S/C23H27Cl2N5O3/c24-17-4-3-15(9-18(17)25)10-21(31)30-8-7-29(23(32)16-11-26-27-12-16)20-14-33-13-19(22(20)30)28-5-1-2-6-28/h3-4,9,11-12,19-20,22H,1-2,5-8,10,13-14H2,(H,26,27)/t19-,20+,22+/m0/s1. The normalized spacial score (nSPS) is 25.8. The Morgan fingerprint density at radius 3 is 2.52 bits per heavy atom. The highest BCUT2D eigenvalue weighted by Crippen LogP contribution is 2.31. The predicted molar refractivity (Wildman–Crippen MR) is 124 cm³/mol. The third kappa shape index (κ3) is 4.49. The number of fused-ring (bicyclic) bond motifs is 1. The van der Waals surface area contributed by atoms with E-state index in [0.717, 1.165) is 31.5 Å². The zero-order valence-electron chi connectivity index (χ0n) is 18.3. The molecular formula is C23H27Cl2N5O3. The summed E-state index contributed by atoms with van der Waals surface area (Å²) in [6.07, 6.45) is 5.68. The van der Waals surface area contributed by atoms with Crippen LogP contribution in [0.2, 0.25) is 10.0 Å². The first-order chi connectivity index (χ1) is 16.0. The van der Waals surface area contributed by atoms with Crippen molar-refractivity contribution < 1.29 is 14.3 Å². The second-order valence-corrected chi connectivity index (χ2v) is 9.72. The van der Waals surface area contributed by atoms with Crippen molar-refractivity contribution in [3.05, 3.63) is 51.8 Å². The molecule has 2 amide bonds. The average Bonchev–Trinajstić information content (AvgIpc) is 3.54. The molecule has 1 N–H and O–H groups in total. The smallest absolute Gasteiger partial charge is 0.257 e. The number of ether oxygens (including phenoxy) is 1. The van der Waals surface area contributed by atoms with Gasteiger partial charge in [-0.3, -0.25) is 19.6 Å². The first kappa shape index (κ1) is 22.7. The third-order valence-corrected chi connectivity index (χ3v) is 7.72. The van der Waals surface area contributed by atoms with Crippen molar-refractivity contribution in [2.24, 2.45) is 0 Å². The molecule has 10 heteroatoms. The Hall–Kier alpha value is -2.13. The van der Waals surface area contributed by atoms with E-state index in [9.17, 15) is 9.59 Å². The molecule has 0 aliphatic carbocycles. The lowest BCUT2D eigenvalue weighted by Crippen LogP contribution is -2.72. The zero-order chi connectivity index (χ0) is 22.9. The van der Waals surface area contributed by atoms with E-state index in [2.05, 4.69) is 15.1 Å². The van der Waals surface area contributed by atoms with Crippen molar-refractivity contribution in [2.75, 3.05) is 39.4 Å². The number of carbonyl (C=O) groups excluding carboxylic acids is 2. The van der Waals surface area contributed by atoms with Gasteiger partial charge in [0, 0.05) is 19.3 Å². The molecule has 5 rings (SSSR count). The van der Waals surface area contributed by atoms with Crippen LogP contribution in [-0.4, -0.2) is 94.2 Å². The molecular weight excluding hydrogens is 465 g/mol. The number of piperazine rings is 1. The number of nitrogens with zero attached hydrogens (tertiary/aromatic N) is 4. The number of H-pyrrole nitrogens is 1. The molecule has 3 atom stereocenters. The van der Waals surface area contributed by atoms with Gasteiger partial charge in [-0.2, -0.15) is 5.10 Å². The van der Waals surface area contributed by atoms with Crippen LogP contribution in [0.1, 0.15) is 28.8 Å². The van der Waals surface area contributed by atoms with Crippen molar-refractivity contribution in [1.82, 2.24) is 24.9 Å². The van der Waals surface area contributed by atoms with E-state index in [1.807, 2.05) is 15.9 Å². The predicted octanol–water partition coefficient (Wildman–Crippen LogP) is 2.48. The number of hydrogen-bond donors (Lipinski definition) is 1. The number of hydrogen-bond acceptors (Lipinski definition) is 5. The van der Waals surface area contributed by atoms with Crippen LogP contribution < -0.4 is 0 Å². The van der Waals surface area contributed by atoms with Crippen LogP contribution in [0.4, 0.5) is 0 Å². The molecule has 1 aromatic carbocycles. The number of amides is 2. The highest BCUT2D eigenvalue weighted by molar-refractivity contribution is 6.42. The molecule has 2 aromatic rings. The maximum atomic E-state index is 13.6. The molecule has 3 aliphatic heterocycles. The van der Waals surface area contributed by atoms with Gasteiger partial charge < -0.3 is 14.5 Å². The first-order valence-corrected chi connectivity index (χ1v) is 12.1. The van der Waals surface area contributed by atoms with Crippen LogP contribution in [0.25, 0.3) is 0 Å². The van der Waals surface area contributed by atoms with Crippen molar-refractivity contribution in [2.45, 2.75) is 37.4 Å². The summed E-state index contributed by atoms with van der Waals surface area (Å²) >= 11 is 12.2. The maximum Gasteiger partial charge on any atom is 0.257 e. The Balaban J connectivity index is 1.42. The number of rotatable bonds is 4. The van der Waals surface area contributed by atoms with Crippen LogP contribution >= 0.6 is 23.2 Å². The van der Waals surface area contributed by atoms with Gasteiger partial charge >= 0.3 is 0 Å². The molecule has 3 aliphatic rings. The quantitative estimate of drug-likeness (QED) is 0.710. The van der Waals surface area contributed by atoms with Crippen LogP contribution in [0, 0.1) is 0 Å². The summed E-state index contributed by atoms with van der Waals surface area (Å²) in [6.45, 7) is 3.88. The van der Waals surface area contributed by atoms with Gasteiger partial charge in [0.2, 0.25) is 5.91 Å². The SMILES string of the molecule is O=C(Cc1ccc(Cl)c(Cl)c1)N1CCN(C(=O)c2cn[nH]c2)[C@@H]2COC[C@H](N3CCCC3)[C@H]21. The molecule has 0 bridgehead atoms. The summed E-state index contributed by atoms with van der Waals surface area (Å²) < 4.78 is 6.01. The third-order valence-electron chi connectivity index (χ3n) is 6.98. The van der Waals surface area contributed by atoms with Gasteiger partial charge in [-0.05, 0) is 43.6 Å². The molecule has 0 saturated carbocycles. The van der Waals surface area contributed by atoms with Gasteiger partial charge in [0.15, 0.2) is 0 Å². The minimum Gasteiger partial charge on any atom is -0.378 e. The molecule has 3 saturated heterocycles. The van der Waals surface area contributed by atoms with Crippen LogP contribution in [-0.2, 0) is 16.0 Å². The Labute approximate surface area is 202 Å². The first-order valence-electron chi connectivity index (χ1n) is 11.4. The fraction of sp³-hybridized carbons (Fsp3) is 0.522. The summed E-state index contributed by atoms with van der Waals surface area (Å²) in [5.74, 6) is -0.0501. The van der Waals surface area contributed by atoms with Gasteiger partial charge in [-0.1, -0.05) is 29.3 Å². The number of halogens is 2. The lowest BCUT2D eigenvalue weighted by molar-refractivity contribution is -0.149. The number of aromatic nitrogens is 2. The fourth-order valence-corrected chi connectivity index (χ4v) is 5.70. The minimum atomic E-state index is -0.210. The number of likely N-dealkylation sites (tertiary alicyclic amines) is 1. The zero-order valence-corrected chi connectivity index (χ0v) is 19.8. The van der Waals surface area contributed by atoms with Gasteiger partial charge in [-0.15, -0.1) is 0 Å². The minimum absolute atomic E-state index is 0.0323. The Kier molecular flexibility index (Phi) is 6.60. The summed E-state index contributed by atoms with van der Waals surface area (Å²) in [4.78, 5) is 33.1. The molecule has 0 spiro atoms. The Morgan fingerprint density at radius 2 is 1.79 bits per heavy atom. The number of nitrogens with one attached hydrogen (secondary N) is 1. The van der Waals surface area contributed by atoms with Crippen molar-refractivity contribution in [3.63, 3.8) is 0 Å². The van der Waals surface area contributed by atoms with Crippen LogP contribution in [0.15, 0.2) is 30.6 Å². The van der Waals surface area contributed by atoms with Gasteiger partial charge in [0.25, 0.3) is 5.91 Å². The number of aromatic amines is 1. The molecule has 0 radical (unpaired) electrons. The second kappa shape index (κ2) is 9.62. The monoisotopic (exact) mass is 491 g/mol. The van der Waals surface area contributed by atoms with E-state index >= 15 is 0 Å². The largest absolute Gasteiger partial charge is 0.378 e.